The van der Waals surface area contributed by atoms with Crippen molar-refractivity contribution < 1.29 is 5.11 Å². The van der Waals surface area contributed by atoms with Gasteiger partial charge in [0.1, 0.15) is 5.75 Å². The molecule has 0 fully saturated rings. The summed E-state index contributed by atoms with van der Waals surface area (Å²) in [6, 6.07) is 4.79. The molecule has 0 aliphatic rings. The number of hydrogen-bond donors (Lipinski definition) is 4. The summed E-state index contributed by atoms with van der Waals surface area (Å²) in [5, 5.41) is 12.6. The number of benzene rings is 1. The van der Waals surface area contributed by atoms with Gasteiger partial charge >= 0.3 is 0 Å². The Morgan fingerprint density at radius 2 is 2.08 bits per heavy atom. The molecule has 0 atom stereocenters. The van der Waals surface area contributed by atoms with E-state index in [0.717, 1.165) is 0 Å². The van der Waals surface area contributed by atoms with Gasteiger partial charge in [-0.1, -0.05) is 6.07 Å². The first-order valence-electron chi connectivity index (χ1n) is 3.28. The summed E-state index contributed by atoms with van der Waals surface area (Å²) < 4.78 is 0. The molecule has 0 spiro atoms. The van der Waals surface area contributed by atoms with Crippen LogP contribution in [0.2, 0.25) is 0 Å². The van der Waals surface area contributed by atoms with Crippen molar-refractivity contribution in [3.8, 4) is 5.75 Å². The van der Waals surface area contributed by atoms with E-state index in [1.165, 1.54) is 0 Å². The van der Waals surface area contributed by atoms with Crippen molar-refractivity contribution in [3.05, 3.63) is 23.8 Å². The molecule has 0 amide bonds. The van der Waals surface area contributed by atoms with Crippen LogP contribution in [-0.4, -0.2) is 10.9 Å². The van der Waals surface area contributed by atoms with E-state index < -0.39 is 0 Å². The Bertz CT molecular complexity index is 321. The highest BCUT2D eigenvalue weighted by Gasteiger charge is 2.06. The molecule has 1 rings (SSSR count). The van der Waals surface area contributed by atoms with Crippen molar-refractivity contribution in [2.24, 2.45) is 16.7 Å². The van der Waals surface area contributed by atoms with E-state index in [1.807, 2.05) is 0 Å². The lowest BCUT2D eigenvalue weighted by molar-refractivity contribution is 0.477. The van der Waals surface area contributed by atoms with Crippen molar-refractivity contribution in [1.29, 1.82) is 0 Å². The number of phenolic OH excluding ortho intramolecular Hbond substituents is 1. The van der Waals surface area contributed by atoms with E-state index in [-0.39, 0.29) is 17.3 Å². The third-order valence-corrected chi connectivity index (χ3v) is 1.48. The summed E-state index contributed by atoms with van der Waals surface area (Å²) in [5.41, 5.74) is 11.4. The standard InChI is InChI=1S/C7H10N4O/c8-5-3-1-2-4(6(5)12)7(9)11-10/h1-3,12H,8,10H2,(H2,9,11). The van der Waals surface area contributed by atoms with Gasteiger partial charge in [0.05, 0.1) is 11.3 Å². The van der Waals surface area contributed by atoms with Crippen molar-refractivity contribution >= 4 is 11.5 Å². The number of nitrogens with two attached hydrogens (primary N) is 3. The number of phenols is 1. The fraction of sp³-hybridized carbons (Fsp3) is 0. The van der Waals surface area contributed by atoms with Gasteiger partial charge in [-0.3, -0.25) is 0 Å². The molecule has 0 heterocycles. The Morgan fingerprint density at radius 1 is 1.42 bits per heavy atom. The molecule has 7 N–H and O–H groups in total. The predicted molar refractivity (Wildman–Crippen MR) is 47.4 cm³/mol. The van der Waals surface area contributed by atoms with E-state index in [0.29, 0.717) is 5.56 Å². The number of nitrogens with zero attached hydrogens (tertiary/aromatic N) is 1. The maximum Gasteiger partial charge on any atom is 0.154 e. The van der Waals surface area contributed by atoms with E-state index >= 15 is 0 Å². The zero-order valence-corrected chi connectivity index (χ0v) is 6.36. The van der Waals surface area contributed by atoms with Crippen LogP contribution in [-0.2, 0) is 0 Å². The number of hydrazone groups is 1. The quantitative estimate of drug-likeness (QED) is 0.113. The fourth-order valence-corrected chi connectivity index (χ4v) is 0.838. The molecule has 1 aromatic carbocycles. The highest BCUT2D eigenvalue weighted by atomic mass is 16.3. The molecule has 0 saturated heterocycles. The first-order valence-corrected chi connectivity index (χ1v) is 3.28. The van der Waals surface area contributed by atoms with Crippen LogP contribution in [0.4, 0.5) is 5.69 Å². The van der Waals surface area contributed by atoms with Crippen molar-refractivity contribution in [2.45, 2.75) is 0 Å². The number of anilines is 1. The first kappa shape index (κ1) is 8.19. The molecule has 0 radical (unpaired) electrons. The Balaban J connectivity index is 3.26. The SMILES string of the molecule is N/N=C(\N)c1cccc(N)c1O. The minimum absolute atomic E-state index is 0.0554. The van der Waals surface area contributed by atoms with Gasteiger partial charge in [-0.25, -0.2) is 0 Å². The number of rotatable bonds is 1. The monoisotopic (exact) mass is 166 g/mol. The Labute approximate surface area is 69.5 Å². The molecule has 64 valence electrons. The molecule has 0 bridgehead atoms. The van der Waals surface area contributed by atoms with Crippen molar-refractivity contribution in [2.75, 3.05) is 5.73 Å². The number of hydrogen-bond acceptors (Lipinski definition) is 4. The van der Waals surface area contributed by atoms with Gasteiger partial charge < -0.3 is 22.4 Å². The smallest absolute Gasteiger partial charge is 0.154 e. The summed E-state index contributed by atoms with van der Waals surface area (Å²) in [6.07, 6.45) is 0. The predicted octanol–water partition coefficient (Wildman–Crippen LogP) is -0.447. The average molecular weight is 166 g/mol. The van der Waals surface area contributed by atoms with E-state index in [2.05, 4.69) is 5.10 Å². The highest BCUT2D eigenvalue weighted by Crippen LogP contribution is 2.23. The zero-order valence-electron chi connectivity index (χ0n) is 6.36. The minimum atomic E-state index is -0.0933. The van der Waals surface area contributed by atoms with Crippen LogP contribution < -0.4 is 17.3 Å². The van der Waals surface area contributed by atoms with Crippen molar-refractivity contribution in [1.82, 2.24) is 0 Å². The third-order valence-electron chi connectivity index (χ3n) is 1.48. The molecule has 5 heteroatoms. The molecule has 1 aromatic rings. The van der Waals surface area contributed by atoms with Gasteiger partial charge in [0.2, 0.25) is 0 Å². The molecule has 12 heavy (non-hydrogen) atoms. The number of amidine groups is 1. The molecule has 0 aromatic heterocycles. The molecule has 0 aliphatic carbocycles. The second-order valence-electron chi connectivity index (χ2n) is 2.26. The second kappa shape index (κ2) is 3.00. The fourth-order valence-electron chi connectivity index (χ4n) is 0.838. The van der Waals surface area contributed by atoms with E-state index in [9.17, 15) is 5.11 Å². The van der Waals surface area contributed by atoms with Gasteiger partial charge in [0.25, 0.3) is 0 Å². The van der Waals surface area contributed by atoms with Gasteiger partial charge in [-0.15, -0.1) is 0 Å². The normalized spacial score (nSPS) is 11.5. The van der Waals surface area contributed by atoms with Crippen LogP contribution in [0.5, 0.6) is 5.75 Å². The van der Waals surface area contributed by atoms with Crippen LogP contribution in [0.15, 0.2) is 23.3 Å². The van der Waals surface area contributed by atoms with Gasteiger partial charge in [0.15, 0.2) is 5.84 Å². The summed E-state index contributed by atoms with van der Waals surface area (Å²) in [4.78, 5) is 0. The lowest BCUT2D eigenvalue weighted by atomic mass is 10.1. The lowest BCUT2D eigenvalue weighted by Crippen LogP contribution is -2.15. The maximum atomic E-state index is 9.36. The van der Waals surface area contributed by atoms with E-state index in [1.54, 1.807) is 18.2 Å². The molecule has 0 unspecified atom stereocenters. The average Bonchev–Trinajstić information content (AvgIpc) is 2.08. The zero-order chi connectivity index (χ0) is 9.14. The molecule has 5 nitrogen and oxygen atoms in total. The van der Waals surface area contributed by atoms with Crippen LogP contribution >= 0.6 is 0 Å². The summed E-state index contributed by atoms with van der Waals surface area (Å²) >= 11 is 0. The number of nitrogen functional groups attached to an aromatic ring is 1. The first-order chi connectivity index (χ1) is 5.66. The molecule has 0 aliphatic heterocycles. The largest absolute Gasteiger partial charge is 0.505 e. The molecular weight excluding hydrogens is 156 g/mol. The molecule has 0 saturated carbocycles. The minimum Gasteiger partial charge on any atom is -0.505 e. The van der Waals surface area contributed by atoms with E-state index in [4.69, 9.17) is 17.3 Å². The van der Waals surface area contributed by atoms with Crippen LogP contribution in [0.3, 0.4) is 0 Å². The summed E-state index contributed by atoms with van der Waals surface area (Å²) in [7, 11) is 0. The Kier molecular flexibility index (Phi) is 2.05. The van der Waals surface area contributed by atoms with Gasteiger partial charge in [-0.05, 0) is 12.1 Å². The van der Waals surface area contributed by atoms with Crippen molar-refractivity contribution in [3.63, 3.8) is 0 Å². The maximum absolute atomic E-state index is 9.36. The topological polar surface area (TPSA) is 111 Å². The van der Waals surface area contributed by atoms with Gasteiger partial charge in [-0.2, -0.15) is 5.10 Å². The van der Waals surface area contributed by atoms with Crippen LogP contribution in [0.1, 0.15) is 5.56 Å². The summed E-state index contributed by atoms with van der Waals surface area (Å²) in [5.74, 6) is 4.90. The van der Waals surface area contributed by atoms with Crippen LogP contribution in [0.25, 0.3) is 0 Å². The Morgan fingerprint density at radius 3 is 2.67 bits per heavy atom. The van der Waals surface area contributed by atoms with Gasteiger partial charge in [0, 0.05) is 0 Å². The third kappa shape index (κ3) is 1.24. The lowest BCUT2D eigenvalue weighted by Gasteiger charge is -2.04. The highest BCUT2D eigenvalue weighted by molar-refractivity contribution is 6.01. The Hall–Kier alpha value is -1.91. The molecular formula is C7H10N4O. The number of aromatic hydroxyl groups is 1. The second-order valence-corrected chi connectivity index (χ2v) is 2.26. The van der Waals surface area contributed by atoms with Crippen LogP contribution in [0, 0.1) is 0 Å². The summed E-state index contributed by atoms with van der Waals surface area (Å²) in [6.45, 7) is 0. The number of para-hydroxylation sites is 1.